The van der Waals surface area contributed by atoms with Gasteiger partial charge < -0.3 is 15.1 Å². The van der Waals surface area contributed by atoms with E-state index in [-0.39, 0.29) is 41.4 Å². The molecule has 1 amide bonds. The molecule has 0 spiro atoms. The van der Waals surface area contributed by atoms with Crippen LogP contribution in [0.5, 0.6) is 0 Å². The first kappa shape index (κ1) is 22.3. The summed E-state index contributed by atoms with van der Waals surface area (Å²) in [6.07, 6.45) is -3.29. The highest BCUT2D eigenvalue weighted by Crippen LogP contribution is 2.41. The molecule has 0 radical (unpaired) electrons. The summed E-state index contributed by atoms with van der Waals surface area (Å²) in [5.74, 6) is -1.94. The van der Waals surface area contributed by atoms with Crippen LogP contribution in [-0.4, -0.2) is 25.5 Å². The lowest BCUT2D eigenvalue weighted by atomic mass is 9.94. The molecule has 2 aliphatic rings. The van der Waals surface area contributed by atoms with Crippen LogP contribution in [0.3, 0.4) is 0 Å². The number of alkyl halides is 3. The zero-order valence-corrected chi connectivity index (χ0v) is 17.1. The van der Waals surface area contributed by atoms with Gasteiger partial charge in [-0.15, -0.1) is 0 Å². The van der Waals surface area contributed by atoms with Gasteiger partial charge in [0, 0.05) is 30.4 Å². The Morgan fingerprint density at radius 1 is 1.12 bits per heavy atom. The standard InChI is InChI=1S/C23H17F5N4O/c1-13-15(9-29)11-32(10-14-2-3-16(6-18(14)24)23(26,27)28)20-8-21(19(25)7-17(13)20)31-5-4-30-22(33)12-31/h2-3,6-8,11H,1,4-5,10,12H2,(H,30,33). The summed E-state index contributed by atoms with van der Waals surface area (Å²) in [4.78, 5) is 14.8. The third-order valence-electron chi connectivity index (χ3n) is 5.53. The van der Waals surface area contributed by atoms with Gasteiger partial charge in [0.25, 0.3) is 0 Å². The van der Waals surface area contributed by atoms with Crippen molar-refractivity contribution in [1.29, 1.82) is 5.26 Å². The molecular formula is C23H17F5N4O. The second-order valence-corrected chi connectivity index (χ2v) is 7.66. The van der Waals surface area contributed by atoms with E-state index in [1.54, 1.807) is 4.90 Å². The van der Waals surface area contributed by atoms with Crippen molar-refractivity contribution in [3.8, 4) is 6.07 Å². The van der Waals surface area contributed by atoms with Crippen molar-refractivity contribution < 1.29 is 26.7 Å². The minimum Gasteiger partial charge on any atom is -0.358 e. The first-order valence-electron chi connectivity index (χ1n) is 9.87. The Kier molecular flexibility index (Phi) is 5.57. The number of nitrogens with one attached hydrogen (secondary N) is 1. The van der Waals surface area contributed by atoms with E-state index < -0.39 is 23.4 Å². The number of piperazine rings is 1. The molecule has 0 bridgehead atoms. The molecule has 33 heavy (non-hydrogen) atoms. The minimum atomic E-state index is -4.68. The van der Waals surface area contributed by atoms with Crippen LogP contribution < -0.4 is 15.1 Å². The molecule has 0 unspecified atom stereocenters. The molecule has 170 valence electrons. The number of halogens is 5. The Balaban J connectivity index is 1.76. The number of carbonyl (C=O) groups excluding carboxylic acids is 1. The van der Waals surface area contributed by atoms with E-state index in [0.717, 1.165) is 12.1 Å². The van der Waals surface area contributed by atoms with Gasteiger partial charge in [0.1, 0.15) is 17.7 Å². The predicted molar refractivity (Wildman–Crippen MR) is 112 cm³/mol. The van der Waals surface area contributed by atoms with Gasteiger partial charge in [0.15, 0.2) is 0 Å². The van der Waals surface area contributed by atoms with Crippen molar-refractivity contribution in [3.05, 3.63) is 77.0 Å². The molecule has 1 N–H and O–H groups in total. The lowest BCUT2D eigenvalue weighted by Gasteiger charge is -2.33. The first-order valence-corrected chi connectivity index (χ1v) is 9.87. The number of anilines is 2. The normalized spacial score (nSPS) is 16.2. The minimum absolute atomic E-state index is 0.0433. The van der Waals surface area contributed by atoms with Crippen LogP contribution in [0.2, 0.25) is 0 Å². The van der Waals surface area contributed by atoms with Gasteiger partial charge in [-0.3, -0.25) is 4.79 Å². The summed E-state index contributed by atoms with van der Waals surface area (Å²) in [6, 6.07) is 6.84. The first-order chi connectivity index (χ1) is 15.6. The van der Waals surface area contributed by atoms with Crippen molar-refractivity contribution in [3.63, 3.8) is 0 Å². The van der Waals surface area contributed by atoms with Gasteiger partial charge in [0.2, 0.25) is 5.91 Å². The van der Waals surface area contributed by atoms with Crippen LogP contribution in [-0.2, 0) is 17.5 Å². The van der Waals surface area contributed by atoms with Crippen molar-refractivity contribution in [2.75, 3.05) is 29.4 Å². The average molecular weight is 460 g/mol. The number of benzene rings is 2. The van der Waals surface area contributed by atoms with Crippen molar-refractivity contribution >= 4 is 22.9 Å². The number of rotatable bonds is 3. The van der Waals surface area contributed by atoms with Gasteiger partial charge in [-0.25, -0.2) is 8.78 Å². The SMILES string of the molecule is C=C1C(C#N)=CN(Cc2ccc(C(F)(F)F)cc2F)c2cc(N3CCNC(=O)C3)c(F)cc21. The molecule has 2 heterocycles. The molecule has 0 atom stereocenters. The smallest absolute Gasteiger partial charge is 0.358 e. The monoisotopic (exact) mass is 460 g/mol. The number of hydrogen-bond acceptors (Lipinski definition) is 4. The van der Waals surface area contributed by atoms with E-state index in [0.29, 0.717) is 30.4 Å². The molecule has 5 nitrogen and oxygen atoms in total. The van der Waals surface area contributed by atoms with E-state index in [2.05, 4.69) is 11.9 Å². The van der Waals surface area contributed by atoms with Crippen LogP contribution in [0.25, 0.3) is 5.57 Å². The number of hydrogen-bond donors (Lipinski definition) is 1. The lowest BCUT2D eigenvalue weighted by Crippen LogP contribution is -2.48. The van der Waals surface area contributed by atoms with E-state index in [1.807, 2.05) is 6.07 Å². The number of nitrogens with zero attached hydrogens (tertiary/aromatic N) is 3. The summed E-state index contributed by atoms with van der Waals surface area (Å²) >= 11 is 0. The molecule has 1 saturated heterocycles. The molecule has 2 aromatic carbocycles. The van der Waals surface area contributed by atoms with Gasteiger partial charge in [-0.05, 0) is 29.8 Å². The van der Waals surface area contributed by atoms with Crippen molar-refractivity contribution in [1.82, 2.24) is 5.32 Å². The van der Waals surface area contributed by atoms with Crippen molar-refractivity contribution in [2.45, 2.75) is 12.7 Å². The van der Waals surface area contributed by atoms with Gasteiger partial charge in [0.05, 0.1) is 35.6 Å². The zero-order valence-electron chi connectivity index (χ0n) is 17.1. The van der Waals surface area contributed by atoms with Gasteiger partial charge in [-0.2, -0.15) is 18.4 Å². The van der Waals surface area contributed by atoms with Gasteiger partial charge in [-0.1, -0.05) is 12.6 Å². The van der Waals surface area contributed by atoms with E-state index >= 15 is 0 Å². The van der Waals surface area contributed by atoms with Crippen LogP contribution in [0.1, 0.15) is 16.7 Å². The summed E-state index contributed by atoms with van der Waals surface area (Å²) in [7, 11) is 0. The predicted octanol–water partition coefficient (Wildman–Crippen LogP) is 4.36. The Bertz CT molecular complexity index is 1230. The molecule has 2 aliphatic heterocycles. The quantitative estimate of drug-likeness (QED) is 0.692. The highest BCUT2D eigenvalue weighted by Gasteiger charge is 2.32. The second-order valence-electron chi connectivity index (χ2n) is 7.66. The Morgan fingerprint density at radius 3 is 2.52 bits per heavy atom. The zero-order chi connectivity index (χ0) is 23.9. The summed E-state index contributed by atoms with van der Waals surface area (Å²) in [5.41, 5.74) is 0.0426. The molecule has 10 heteroatoms. The number of allylic oxidation sites excluding steroid dienone is 2. The Labute approximate surface area is 186 Å². The van der Waals surface area contributed by atoms with E-state index in [9.17, 15) is 32.0 Å². The molecule has 4 rings (SSSR count). The molecule has 2 aromatic rings. The summed E-state index contributed by atoms with van der Waals surface area (Å²) in [5, 5.41) is 12.1. The van der Waals surface area contributed by atoms with E-state index in [1.165, 1.54) is 23.2 Å². The lowest BCUT2D eigenvalue weighted by molar-refractivity contribution is -0.137. The fraction of sp³-hybridized carbons (Fsp3) is 0.217. The maximum Gasteiger partial charge on any atom is 0.416 e. The number of amides is 1. The Morgan fingerprint density at radius 2 is 1.88 bits per heavy atom. The van der Waals surface area contributed by atoms with Crippen LogP contribution >= 0.6 is 0 Å². The topological polar surface area (TPSA) is 59.4 Å². The van der Waals surface area contributed by atoms with Crippen LogP contribution in [0.4, 0.5) is 33.3 Å². The summed E-state index contributed by atoms with van der Waals surface area (Å²) < 4.78 is 68.1. The Hall–Kier alpha value is -3.87. The molecule has 1 fully saturated rings. The number of carbonyl (C=O) groups is 1. The van der Waals surface area contributed by atoms with Gasteiger partial charge >= 0.3 is 6.18 Å². The second kappa shape index (κ2) is 8.24. The third kappa shape index (κ3) is 4.26. The largest absolute Gasteiger partial charge is 0.416 e. The fourth-order valence-corrected chi connectivity index (χ4v) is 3.83. The van der Waals surface area contributed by atoms with Crippen LogP contribution in [0, 0.1) is 23.0 Å². The maximum absolute atomic E-state index is 15.0. The highest BCUT2D eigenvalue weighted by molar-refractivity contribution is 5.93. The third-order valence-corrected chi connectivity index (χ3v) is 5.53. The fourth-order valence-electron chi connectivity index (χ4n) is 3.83. The number of fused-ring (bicyclic) bond motifs is 1. The highest BCUT2D eigenvalue weighted by atomic mass is 19.4. The van der Waals surface area contributed by atoms with Crippen molar-refractivity contribution in [2.24, 2.45) is 0 Å². The maximum atomic E-state index is 15.0. The number of nitriles is 1. The van der Waals surface area contributed by atoms with Crippen LogP contribution in [0.15, 0.2) is 48.7 Å². The molecule has 0 aliphatic carbocycles. The van der Waals surface area contributed by atoms with E-state index in [4.69, 9.17) is 0 Å². The average Bonchev–Trinajstić information content (AvgIpc) is 2.76. The molecular weight excluding hydrogens is 443 g/mol. The molecule has 0 aromatic heterocycles. The summed E-state index contributed by atoms with van der Waals surface area (Å²) in [6.45, 7) is 4.29. The molecule has 0 saturated carbocycles.